The molecule has 7 heteroatoms. The number of hydrogen-bond acceptors (Lipinski definition) is 4. The topological polar surface area (TPSA) is 125 Å². The number of anilines is 1. The molecule has 0 unspecified atom stereocenters. The van der Waals surface area contributed by atoms with Gasteiger partial charge in [-0.2, -0.15) is 0 Å². The summed E-state index contributed by atoms with van der Waals surface area (Å²) in [6.07, 6.45) is 0. The predicted molar refractivity (Wildman–Crippen MR) is 106 cm³/mol. The van der Waals surface area contributed by atoms with Gasteiger partial charge in [-0.3, -0.25) is 4.79 Å². The maximum absolute atomic E-state index is 12.8. The molecular formula is C21H17N3O4. The van der Waals surface area contributed by atoms with Crippen LogP contribution in [0.3, 0.4) is 0 Å². The first-order valence-corrected chi connectivity index (χ1v) is 8.32. The summed E-state index contributed by atoms with van der Waals surface area (Å²) in [4.78, 5) is 24.4. The van der Waals surface area contributed by atoms with Crippen molar-refractivity contribution in [1.29, 1.82) is 0 Å². The first-order valence-electron chi connectivity index (χ1n) is 8.32. The Morgan fingerprint density at radius 3 is 1.93 bits per heavy atom. The Kier molecular flexibility index (Phi) is 5.36. The van der Waals surface area contributed by atoms with E-state index < -0.39 is 5.97 Å². The van der Waals surface area contributed by atoms with E-state index in [1.807, 2.05) is 0 Å². The van der Waals surface area contributed by atoms with Gasteiger partial charge in [0.25, 0.3) is 5.91 Å². The monoisotopic (exact) mass is 375 g/mol. The van der Waals surface area contributed by atoms with Crippen molar-refractivity contribution in [2.45, 2.75) is 0 Å². The van der Waals surface area contributed by atoms with Gasteiger partial charge < -0.3 is 21.4 Å². The van der Waals surface area contributed by atoms with Crippen LogP contribution in [0.4, 0.5) is 5.69 Å². The normalized spacial score (nSPS) is 11.1. The maximum atomic E-state index is 12.8. The van der Waals surface area contributed by atoms with Crippen LogP contribution in [0.5, 0.6) is 0 Å². The van der Waals surface area contributed by atoms with E-state index in [1.54, 1.807) is 66.7 Å². The second kappa shape index (κ2) is 8.05. The molecule has 0 aliphatic carbocycles. The van der Waals surface area contributed by atoms with Crippen LogP contribution in [0.15, 0.2) is 78.0 Å². The minimum Gasteiger partial charge on any atom is -0.478 e. The number of rotatable bonds is 5. The van der Waals surface area contributed by atoms with Gasteiger partial charge in [-0.1, -0.05) is 41.6 Å². The van der Waals surface area contributed by atoms with Crippen molar-refractivity contribution < 1.29 is 19.9 Å². The van der Waals surface area contributed by atoms with E-state index in [2.05, 4.69) is 10.5 Å². The predicted octanol–water partition coefficient (Wildman–Crippen LogP) is 3.40. The number of nitrogens with one attached hydrogen (secondary N) is 1. The van der Waals surface area contributed by atoms with Gasteiger partial charge in [0, 0.05) is 16.8 Å². The number of benzene rings is 3. The van der Waals surface area contributed by atoms with Gasteiger partial charge in [-0.05, 0) is 47.5 Å². The van der Waals surface area contributed by atoms with Crippen LogP contribution in [0.2, 0.25) is 0 Å². The van der Waals surface area contributed by atoms with Crippen LogP contribution in [0.1, 0.15) is 26.3 Å². The van der Waals surface area contributed by atoms with E-state index in [4.69, 9.17) is 10.9 Å². The number of carbonyl (C=O) groups excluding carboxylic acids is 1. The quantitative estimate of drug-likeness (QED) is 0.235. The van der Waals surface area contributed by atoms with Crippen LogP contribution >= 0.6 is 0 Å². The molecular weight excluding hydrogens is 358 g/mol. The van der Waals surface area contributed by atoms with Crippen LogP contribution in [-0.2, 0) is 0 Å². The highest BCUT2D eigenvalue weighted by molar-refractivity contribution is 6.10. The molecule has 3 rings (SSSR count). The van der Waals surface area contributed by atoms with Crippen molar-refractivity contribution >= 4 is 23.4 Å². The summed E-state index contributed by atoms with van der Waals surface area (Å²) in [5, 5.41) is 23.8. The van der Waals surface area contributed by atoms with Crippen LogP contribution in [-0.4, -0.2) is 28.0 Å². The molecule has 0 aliphatic heterocycles. The third-order valence-corrected chi connectivity index (χ3v) is 4.17. The Morgan fingerprint density at radius 2 is 1.36 bits per heavy atom. The Labute approximate surface area is 160 Å². The van der Waals surface area contributed by atoms with Crippen molar-refractivity contribution in [3.8, 4) is 11.1 Å². The number of nitrogens with zero attached hydrogens (tertiary/aromatic N) is 1. The molecule has 28 heavy (non-hydrogen) atoms. The number of oxime groups is 1. The van der Waals surface area contributed by atoms with E-state index >= 15 is 0 Å². The van der Waals surface area contributed by atoms with Crippen molar-refractivity contribution in [3.63, 3.8) is 0 Å². The summed E-state index contributed by atoms with van der Waals surface area (Å²) < 4.78 is 0. The first kappa shape index (κ1) is 18.7. The van der Waals surface area contributed by atoms with E-state index in [0.29, 0.717) is 27.9 Å². The zero-order chi connectivity index (χ0) is 20.1. The van der Waals surface area contributed by atoms with E-state index in [1.165, 1.54) is 6.07 Å². The molecule has 3 aromatic carbocycles. The summed E-state index contributed by atoms with van der Waals surface area (Å²) in [5.41, 5.74) is 7.99. The molecule has 0 atom stereocenters. The number of carboxylic acid groups (broad SMARTS) is 1. The number of carboxylic acids is 1. The summed E-state index contributed by atoms with van der Waals surface area (Å²) in [7, 11) is 0. The van der Waals surface area contributed by atoms with Gasteiger partial charge in [-0.15, -0.1) is 0 Å². The van der Waals surface area contributed by atoms with Crippen molar-refractivity contribution in [2.24, 2.45) is 10.9 Å². The lowest BCUT2D eigenvalue weighted by Crippen LogP contribution is -2.15. The third kappa shape index (κ3) is 3.83. The van der Waals surface area contributed by atoms with E-state index in [9.17, 15) is 14.7 Å². The molecule has 1 amide bonds. The average molecular weight is 375 g/mol. The number of amidine groups is 1. The highest BCUT2D eigenvalue weighted by atomic mass is 16.4. The number of nitrogens with two attached hydrogens (primary N) is 1. The Balaban J connectivity index is 1.93. The zero-order valence-electron chi connectivity index (χ0n) is 14.7. The number of amides is 1. The summed E-state index contributed by atoms with van der Waals surface area (Å²) in [6.45, 7) is 0. The highest BCUT2D eigenvalue weighted by Crippen LogP contribution is 2.28. The Morgan fingerprint density at radius 1 is 0.821 bits per heavy atom. The molecule has 0 bridgehead atoms. The SMILES string of the molecule is NC(=NO)c1ccc(NC(=O)c2ccccc2-c2ccccc2C(=O)O)cc1. The molecule has 0 radical (unpaired) electrons. The smallest absolute Gasteiger partial charge is 0.336 e. The molecule has 7 nitrogen and oxygen atoms in total. The Bertz CT molecular complexity index is 1060. The average Bonchev–Trinajstić information content (AvgIpc) is 2.73. The van der Waals surface area contributed by atoms with Gasteiger partial charge >= 0.3 is 5.97 Å². The van der Waals surface area contributed by atoms with Gasteiger partial charge in [0.05, 0.1) is 5.56 Å². The lowest BCUT2D eigenvalue weighted by atomic mass is 9.95. The van der Waals surface area contributed by atoms with Crippen molar-refractivity contribution in [3.05, 3.63) is 89.5 Å². The standard InChI is InChI=1S/C21H17N3O4/c22-19(24-28)13-9-11-14(12-10-13)23-20(25)17-7-3-1-5-15(17)16-6-2-4-8-18(16)21(26)27/h1-12,28H,(H2,22,24)(H,23,25)(H,26,27). The second-order valence-corrected chi connectivity index (χ2v) is 5.91. The maximum Gasteiger partial charge on any atom is 0.336 e. The van der Waals surface area contributed by atoms with Gasteiger partial charge in [0.1, 0.15) is 0 Å². The highest BCUT2D eigenvalue weighted by Gasteiger charge is 2.17. The fourth-order valence-corrected chi connectivity index (χ4v) is 2.80. The number of hydrogen-bond donors (Lipinski definition) is 4. The molecule has 5 N–H and O–H groups in total. The summed E-state index contributed by atoms with van der Waals surface area (Å²) in [5.74, 6) is -1.48. The summed E-state index contributed by atoms with van der Waals surface area (Å²) in [6, 6.07) is 19.8. The van der Waals surface area contributed by atoms with Gasteiger partial charge in [-0.25, -0.2) is 4.79 Å². The van der Waals surface area contributed by atoms with E-state index in [-0.39, 0.29) is 17.3 Å². The molecule has 0 spiro atoms. The van der Waals surface area contributed by atoms with E-state index in [0.717, 1.165) is 0 Å². The third-order valence-electron chi connectivity index (χ3n) is 4.17. The fourth-order valence-electron chi connectivity index (χ4n) is 2.80. The lowest BCUT2D eigenvalue weighted by molar-refractivity contribution is 0.0697. The van der Waals surface area contributed by atoms with Gasteiger partial charge in [0.15, 0.2) is 5.84 Å². The molecule has 0 aromatic heterocycles. The minimum atomic E-state index is -1.07. The number of aromatic carboxylic acids is 1. The van der Waals surface area contributed by atoms with Crippen molar-refractivity contribution in [1.82, 2.24) is 0 Å². The molecule has 0 saturated carbocycles. The molecule has 3 aromatic rings. The second-order valence-electron chi connectivity index (χ2n) is 5.91. The summed E-state index contributed by atoms with van der Waals surface area (Å²) >= 11 is 0. The molecule has 140 valence electrons. The molecule has 0 fully saturated rings. The zero-order valence-corrected chi connectivity index (χ0v) is 14.7. The van der Waals surface area contributed by atoms with Crippen LogP contribution in [0.25, 0.3) is 11.1 Å². The van der Waals surface area contributed by atoms with Gasteiger partial charge in [0.2, 0.25) is 0 Å². The van der Waals surface area contributed by atoms with Crippen molar-refractivity contribution in [2.75, 3.05) is 5.32 Å². The molecule has 0 aliphatic rings. The number of carbonyl (C=O) groups is 2. The molecule has 0 heterocycles. The Hall–Kier alpha value is -4.13. The fraction of sp³-hybridized carbons (Fsp3) is 0. The first-order chi connectivity index (χ1) is 13.5. The molecule has 0 saturated heterocycles. The largest absolute Gasteiger partial charge is 0.478 e. The lowest BCUT2D eigenvalue weighted by Gasteiger charge is -2.12. The minimum absolute atomic E-state index is 0.0338. The van der Waals surface area contributed by atoms with Crippen LogP contribution < -0.4 is 11.1 Å². The van der Waals surface area contributed by atoms with Crippen LogP contribution in [0, 0.1) is 0 Å².